The number of hydrogen-bond donors (Lipinski definition) is 0. The van der Waals surface area contributed by atoms with Crippen molar-refractivity contribution in [3.63, 3.8) is 0 Å². The highest BCUT2D eigenvalue weighted by Crippen LogP contribution is 2.75. The third-order valence-electron chi connectivity index (χ3n) is 4.85. The van der Waals surface area contributed by atoms with Crippen LogP contribution in [0, 0.1) is 0 Å². The van der Waals surface area contributed by atoms with Crippen LogP contribution in [0.1, 0.15) is 19.8 Å². The second kappa shape index (κ2) is 8.40. The standard InChI is InChI=1S/C20H19F9P/c1-2-3-14-30(15-10-6-4-7-11-15,16-12-8-5-9-13-16)20(28,29)18(23,24)17(21,22)19(25,26)27/h4-13H,2-3,14H2,1H3/q+1. The lowest BCUT2D eigenvalue weighted by molar-refractivity contribution is -0.382. The highest BCUT2D eigenvalue weighted by molar-refractivity contribution is 7.90. The van der Waals surface area contributed by atoms with Gasteiger partial charge in [-0.25, -0.2) is 0 Å². The summed E-state index contributed by atoms with van der Waals surface area (Å²) in [6, 6.07) is 12.2. The van der Waals surface area contributed by atoms with Crippen molar-refractivity contribution in [1.29, 1.82) is 0 Å². The van der Waals surface area contributed by atoms with Crippen LogP contribution in [0.25, 0.3) is 0 Å². The maximum atomic E-state index is 15.6. The Hall–Kier alpha value is -1.76. The predicted octanol–water partition coefficient (Wildman–Crippen LogP) is 6.88. The van der Waals surface area contributed by atoms with E-state index in [0.29, 0.717) is 0 Å². The molecule has 0 bridgehead atoms. The van der Waals surface area contributed by atoms with E-state index in [1.165, 1.54) is 36.4 Å². The molecule has 2 rings (SSSR count). The molecule has 0 saturated heterocycles. The molecule has 0 heterocycles. The van der Waals surface area contributed by atoms with Gasteiger partial charge in [0, 0.05) is 0 Å². The molecule has 0 aromatic heterocycles. The maximum absolute atomic E-state index is 15.6. The van der Waals surface area contributed by atoms with E-state index < -0.39 is 37.1 Å². The summed E-state index contributed by atoms with van der Waals surface area (Å²) in [7, 11) is -4.77. The molecule has 0 unspecified atom stereocenters. The summed E-state index contributed by atoms with van der Waals surface area (Å²) in [5.74, 6) is -13.6. The van der Waals surface area contributed by atoms with Crippen molar-refractivity contribution in [1.82, 2.24) is 0 Å². The van der Waals surface area contributed by atoms with Gasteiger partial charge in [-0.15, -0.1) is 0 Å². The molecule has 30 heavy (non-hydrogen) atoms. The van der Waals surface area contributed by atoms with Crippen LogP contribution in [0.4, 0.5) is 39.5 Å². The van der Waals surface area contributed by atoms with Gasteiger partial charge in [0.05, 0.1) is 6.16 Å². The first kappa shape index (κ1) is 24.5. The van der Waals surface area contributed by atoms with Crippen molar-refractivity contribution in [3.8, 4) is 0 Å². The van der Waals surface area contributed by atoms with Gasteiger partial charge in [0.15, 0.2) is 7.26 Å². The van der Waals surface area contributed by atoms with Crippen LogP contribution in [-0.4, -0.2) is 29.8 Å². The summed E-state index contributed by atoms with van der Waals surface area (Å²) in [6.45, 7) is 1.57. The minimum atomic E-state index is -6.93. The Morgan fingerprint density at radius 3 is 1.37 bits per heavy atom. The average molecular weight is 461 g/mol. The number of rotatable bonds is 8. The molecule has 0 saturated carbocycles. The molecule has 166 valence electrons. The van der Waals surface area contributed by atoms with Crippen LogP contribution in [-0.2, 0) is 0 Å². The summed E-state index contributed by atoms with van der Waals surface area (Å²) in [5.41, 5.74) is -5.68. The molecule has 0 aliphatic rings. The molecule has 0 amide bonds. The molecule has 2 aromatic carbocycles. The van der Waals surface area contributed by atoms with E-state index in [2.05, 4.69) is 0 Å². The molecule has 2 aromatic rings. The van der Waals surface area contributed by atoms with E-state index in [1.54, 1.807) is 6.92 Å². The monoisotopic (exact) mass is 461 g/mol. The van der Waals surface area contributed by atoms with Crippen molar-refractivity contribution >= 4 is 17.9 Å². The first-order valence-electron chi connectivity index (χ1n) is 8.97. The lowest BCUT2D eigenvalue weighted by atomic mass is 10.1. The highest BCUT2D eigenvalue weighted by Gasteiger charge is 2.89. The first-order chi connectivity index (χ1) is 13.8. The van der Waals surface area contributed by atoms with Gasteiger partial charge in [0.25, 0.3) is 0 Å². The molecule has 0 N–H and O–H groups in total. The molecule has 0 spiro atoms. The van der Waals surface area contributed by atoms with Crippen LogP contribution >= 0.6 is 7.26 Å². The SMILES string of the molecule is CCCC[P+](c1ccccc1)(c1ccccc1)C(F)(F)C(F)(F)C(F)(F)C(F)(F)F. The molecule has 0 radical (unpaired) electrons. The molecular weight excluding hydrogens is 442 g/mol. The van der Waals surface area contributed by atoms with Gasteiger partial charge in [-0.2, -0.15) is 39.5 Å². The van der Waals surface area contributed by atoms with Gasteiger partial charge in [0.2, 0.25) is 0 Å². The summed E-state index contributed by atoms with van der Waals surface area (Å²) in [6.07, 6.45) is -7.33. The number of hydrogen-bond acceptors (Lipinski definition) is 0. The van der Waals surface area contributed by atoms with Crippen molar-refractivity contribution in [2.45, 2.75) is 43.5 Å². The van der Waals surface area contributed by atoms with Crippen LogP contribution in [0.3, 0.4) is 0 Å². The van der Waals surface area contributed by atoms with Crippen molar-refractivity contribution < 1.29 is 39.5 Å². The average Bonchev–Trinajstić information content (AvgIpc) is 2.69. The minimum absolute atomic E-state index is 0.0686. The second-order valence-electron chi connectivity index (χ2n) is 6.75. The van der Waals surface area contributed by atoms with E-state index >= 15 is 8.78 Å². The van der Waals surface area contributed by atoms with Crippen molar-refractivity contribution in [2.75, 3.05) is 6.16 Å². The fourth-order valence-electron chi connectivity index (χ4n) is 3.24. The van der Waals surface area contributed by atoms with Gasteiger partial charge in [-0.05, 0) is 30.7 Å². The van der Waals surface area contributed by atoms with Crippen LogP contribution < -0.4 is 10.6 Å². The normalized spacial score (nSPS) is 14.1. The largest absolute Gasteiger partial charge is 0.460 e. The smallest absolute Gasteiger partial charge is 0.189 e. The number of halogens is 9. The zero-order chi connectivity index (χ0) is 22.8. The second-order valence-corrected chi connectivity index (χ2v) is 10.4. The topological polar surface area (TPSA) is 0 Å². The van der Waals surface area contributed by atoms with Crippen LogP contribution in [0.15, 0.2) is 60.7 Å². The number of alkyl halides is 9. The van der Waals surface area contributed by atoms with Gasteiger partial charge >= 0.3 is 23.7 Å². The first-order valence-corrected chi connectivity index (χ1v) is 10.9. The van der Waals surface area contributed by atoms with Gasteiger partial charge < -0.3 is 0 Å². The predicted molar refractivity (Wildman–Crippen MR) is 99.7 cm³/mol. The van der Waals surface area contributed by atoms with Gasteiger partial charge in [-0.3, -0.25) is 0 Å². The molecule has 0 atom stereocenters. The molecule has 0 fully saturated rings. The van der Waals surface area contributed by atoms with Crippen molar-refractivity contribution in [3.05, 3.63) is 60.7 Å². The minimum Gasteiger partial charge on any atom is -0.189 e. The molecular formula is C20H19F9P+. The van der Waals surface area contributed by atoms with E-state index in [4.69, 9.17) is 0 Å². The highest BCUT2D eigenvalue weighted by atomic mass is 31.2. The van der Waals surface area contributed by atoms with Crippen molar-refractivity contribution in [2.24, 2.45) is 0 Å². The molecule has 0 nitrogen and oxygen atoms in total. The summed E-state index contributed by atoms with van der Waals surface area (Å²) in [4.78, 5) is 0. The van der Waals surface area contributed by atoms with Crippen LogP contribution in [0.2, 0.25) is 0 Å². The quantitative estimate of drug-likeness (QED) is 0.297. The molecule has 0 aliphatic carbocycles. The third kappa shape index (κ3) is 3.70. The van der Waals surface area contributed by atoms with E-state index in [-0.39, 0.29) is 23.5 Å². The third-order valence-corrected chi connectivity index (χ3v) is 9.43. The van der Waals surface area contributed by atoms with E-state index in [1.807, 2.05) is 0 Å². The summed E-state index contributed by atoms with van der Waals surface area (Å²) < 4.78 is 126. The van der Waals surface area contributed by atoms with Gasteiger partial charge in [0.1, 0.15) is 10.6 Å². The zero-order valence-electron chi connectivity index (χ0n) is 15.7. The fraction of sp³-hybridized carbons (Fsp3) is 0.400. The number of unbranched alkanes of at least 4 members (excludes halogenated alkanes) is 1. The Kier molecular flexibility index (Phi) is 6.87. The summed E-state index contributed by atoms with van der Waals surface area (Å²) >= 11 is 0. The Balaban J connectivity index is 2.90. The summed E-state index contributed by atoms with van der Waals surface area (Å²) in [5, 5.41) is -0.736. The fourth-order valence-corrected chi connectivity index (χ4v) is 7.76. The van der Waals surface area contributed by atoms with E-state index in [9.17, 15) is 30.7 Å². The Morgan fingerprint density at radius 1 is 0.633 bits per heavy atom. The zero-order valence-corrected chi connectivity index (χ0v) is 16.6. The lowest BCUT2D eigenvalue weighted by Gasteiger charge is -2.40. The lowest BCUT2D eigenvalue weighted by Crippen LogP contribution is -2.63. The van der Waals surface area contributed by atoms with Gasteiger partial charge in [-0.1, -0.05) is 49.7 Å². The number of benzene rings is 2. The molecule has 10 heteroatoms. The van der Waals surface area contributed by atoms with E-state index in [0.717, 1.165) is 24.3 Å². The Morgan fingerprint density at radius 2 is 1.03 bits per heavy atom. The molecule has 0 aliphatic heterocycles. The Labute approximate surface area is 168 Å². The maximum Gasteiger partial charge on any atom is 0.460 e. The Bertz CT molecular complexity index is 778. The van der Waals surface area contributed by atoms with Crippen LogP contribution in [0.5, 0.6) is 0 Å².